The van der Waals surface area contributed by atoms with E-state index in [2.05, 4.69) is 28.9 Å². The molecular weight excluding hydrogens is 384 g/mol. The van der Waals surface area contributed by atoms with Crippen molar-refractivity contribution in [3.63, 3.8) is 0 Å². The van der Waals surface area contributed by atoms with Crippen LogP contribution in [0.25, 0.3) is 6.08 Å². The van der Waals surface area contributed by atoms with E-state index >= 15 is 0 Å². The van der Waals surface area contributed by atoms with Gasteiger partial charge in [0.1, 0.15) is 0 Å². The van der Waals surface area contributed by atoms with Crippen LogP contribution in [0.4, 0.5) is 5.69 Å². The summed E-state index contributed by atoms with van der Waals surface area (Å²) in [5, 5.41) is 0.764. The third kappa shape index (κ3) is 6.62. The lowest BCUT2D eigenvalue weighted by Gasteiger charge is -2.35. The summed E-state index contributed by atoms with van der Waals surface area (Å²) in [6.45, 7) is 7.52. The van der Waals surface area contributed by atoms with Gasteiger partial charge in [-0.1, -0.05) is 49.2 Å². The summed E-state index contributed by atoms with van der Waals surface area (Å²) in [4.78, 5) is 16.8. The quantitative estimate of drug-likeness (QED) is 0.444. The first-order valence-electron chi connectivity index (χ1n) is 10.3. The van der Waals surface area contributed by atoms with E-state index in [4.69, 9.17) is 16.3 Å². The Morgan fingerprint density at radius 1 is 1.03 bits per heavy atom. The molecule has 1 fully saturated rings. The number of halogens is 1. The number of nitrogens with zero attached hydrogens (tertiary/aromatic N) is 2. The van der Waals surface area contributed by atoms with Crippen LogP contribution in [0.5, 0.6) is 0 Å². The standard InChI is InChI=1S/C24H29ClN2O2/c1-2-3-19-29-24(28)21-8-12-23(13-9-21)27-17-15-26(16-18-27)14-4-5-20-6-10-22(25)11-7-20/h4-13H,2-3,14-19H2,1H3. The summed E-state index contributed by atoms with van der Waals surface area (Å²) >= 11 is 5.92. The van der Waals surface area contributed by atoms with E-state index in [1.165, 1.54) is 5.56 Å². The molecule has 4 nitrogen and oxygen atoms in total. The maximum absolute atomic E-state index is 12.0. The van der Waals surface area contributed by atoms with Crippen LogP contribution >= 0.6 is 11.6 Å². The van der Waals surface area contributed by atoms with Gasteiger partial charge in [0.2, 0.25) is 0 Å². The molecular formula is C24H29ClN2O2. The SMILES string of the molecule is CCCCOC(=O)c1ccc(N2CCN(CC=Cc3ccc(Cl)cc3)CC2)cc1. The van der Waals surface area contributed by atoms with Crippen molar-refractivity contribution >= 4 is 29.3 Å². The molecule has 154 valence electrons. The molecule has 1 saturated heterocycles. The fourth-order valence-corrected chi connectivity index (χ4v) is 3.43. The topological polar surface area (TPSA) is 32.8 Å². The monoisotopic (exact) mass is 412 g/mol. The molecule has 0 atom stereocenters. The Labute approximate surface area is 178 Å². The van der Waals surface area contributed by atoms with Gasteiger partial charge < -0.3 is 9.64 Å². The van der Waals surface area contributed by atoms with Crippen LogP contribution in [0.3, 0.4) is 0 Å². The second kappa shape index (κ2) is 11.0. The maximum atomic E-state index is 12.0. The zero-order valence-electron chi connectivity index (χ0n) is 17.0. The van der Waals surface area contributed by atoms with Gasteiger partial charge in [0, 0.05) is 43.4 Å². The average Bonchev–Trinajstić information content (AvgIpc) is 2.76. The Morgan fingerprint density at radius 2 is 1.72 bits per heavy atom. The number of hydrogen-bond donors (Lipinski definition) is 0. The molecule has 3 rings (SSSR count). The first-order chi connectivity index (χ1) is 14.2. The molecule has 0 aliphatic carbocycles. The molecule has 0 unspecified atom stereocenters. The van der Waals surface area contributed by atoms with Gasteiger partial charge in [-0.2, -0.15) is 0 Å². The highest BCUT2D eigenvalue weighted by Crippen LogP contribution is 2.18. The average molecular weight is 413 g/mol. The summed E-state index contributed by atoms with van der Waals surface area (Å²) in [6, 6.07) is 15.7. The normalized spacial score (nSPS) is 15.0. The highest BCUT2D eigenvalue weighted by Gasteiger charge is 2.16. The van der Waals surface area contributed by atoms with E-state index in [1.807, 2.05) is 48.5 Å². The zero-order valence-corrected chi connectivity index (χ0v) is 17.8. The largest absolute Gasteiger partial charge is 0.462 e. The Morgan fingerprint density at radius 3 is 2.38 bits per heavy atom. The minimum absolute atomic E-state index is 0.234. The second-order valence-electron chi connectivity index (χ2n) is 7.28. The molecule has 29 heavy (non-hydrogen) atoms. The first kappa shape index (κ1) is 21.4. The second-order valence-corrected chi connectivity index (χ2v) is 7.71. The number of rotatable bonds is 8. The number of carbonyl (C=O) groups excluding carboxylic acids is 1. The molecule has 0 amide bonds. The van der Waals surface area contributed by atoms with E-state index in [-0.39, 0.29) is 5.97 Å². The highest BCUT2D eigenvalue weighted by molar-refractivity contribution is 6.30. The number of hydrogen-bond acceptors (Lipinski definition) is 4. The molecule has 0 bridgehead atoms. The summed E-state index contributed by atoms with van der Waals surface area (Å²) in [6.07, 6.45) is 6.27. The van der Waals surface area contributed by atoms with E-state index in [0.29, 0.717) is 12.2 Å². The van der Waals surface area contributed by atoms with Gasteiger partial charge in [-0.3, -0.25) is 4.90 Å². The van der Waals surface area contributed by atoms with Crippen molar-refractivity contribution in [1.82, 2.24) is 4.90 Å². The Bertz CT molecular complexity index is 795. The van der Waals surface area contributed by atoms with E-state index in [9.17, 15) is 4.79 Å². The van der Waals surface area contributed by atoms with Gasteiger partial charge in [-0.05, 0) is 48.4 Å². The number of ether oxygens (including phenoxy) is 1. The Balaban J connectivity index is 1.44. The van der Waals surface area contributed by atoms with Crippen LogP contribution in [0, 0.1) is 0 Å². The molecule has 1 aliphatic rings. The highest BCUT2D eigenvalue weighted by atomic mass is 35.5. The Kier molecular flexibility index (Phi) is 8.14. The van der Waals surface area contributed by atoms with Crippen LogP contribution < -0.4 is 4.90 Å². The first-order valence-corrected chi connectivity index (χ1v) is 10.7. The number of carbonyl (C=O) groups is 1. The fraction of sp³-hybridized carbons (Fsp3) is 0.375. The molecule has 2 aromatic carbocycles. The lowest BCUT2D eigenvalue weighted by atomic mass is 10.1. The van der Waals surface area contributed by atoms with Crippen molar-refractivity contribution in [3.8, 4) is 0 Å². The van der Waals surface area contributed by atoms with Crippen LogP contribution in [0.1, 0.15) is 35.7 Å². The lowest BCUT2D eigenvalue weighted by molar-refractivity contribution is 0.0500. The molecule has 0 radical (unpaired) electrons. The van der Waals surface area contributed by atoms with Crippen molar-refractivity contribution in [2.24, 2.45) is 0 Å². The van der Waals surface area contributed by atoms with Crippen LogP contribution in [0.15, 0.2) is 54.6 Å². The van der Waals surface area contributed by atoms with Crippen molar-refractivity contribution in [2.45, 2.75) is 19.8 Å². The smallest absolute Gasteiger partial charge is 0.338 e. The molecule has 1 heterocycles. The minimum Gasteiger partial charge on any atom is -0.462 e. The summed E-state index contributed by atoms with van der Waals surface area (Å²) < 4.78 is 5.27. The van der Waals surface area contributed by atoms with Gasteiger partial charge >= 0.3 is 5.97 Å². The van der Waals surface area contributed by atoms with Gasteiger partial charge in [-0.25, -0.2) is 4.79 Å². The van der Waals surface area contributed by atoms with E-state index in [1.54, 1.807) is 0 Å². The van der Waals surface area contributed by atoms with Gasteiger partial charge in [0.25, 0.3) is 0 Å². The number of benzene rings is 2. The van der Waals surface area contributed by atoms with Gasteiger partial charge in [0.05, 0.1) is 12.2 Å². The predicted octanol–water partition coefficient (Wildman–Crippen LogP) is 5.13. The van der Waals surface area contributed by atoms with Gasteiger partial charge in [-0.15, -0.1) is 0 Å². The predicted molar refractivity (Wildman–Crippen MR) is 121 cm³/mol. The molecule has 2 aromatic rings. The summed E-state index contributed by atoms with van der Waals surface area (Å²) in [5.74, 6) is -0.234. The lowest BCUT2D eigenvalue weighted by Crippen LogP contribution is -2.46. The number of anilines is 1. The van der Waals surface area contributed by atoms with Gasteiger partial charge in [0.15, 0.2) is 0 Å². The van der Waals surface area contributed by atoms with Crippen LogP contribution in [0.2, 0.25) is 5.02 Å². The van der Waals surface area contributed by atoms with E-state index in [0.717, 1.165) is 56.3 Å². The van der Waals surface area contributed by atoms with Crippen molar-refractivity contribution < 1.29 is 9.53 Å². The minimum atomic E-state index is -0.234. The third-order valence-electron chi connectivity index (χ3n) is 5.12. The molecule has 0 N–H and O–H groups in total. The van der Waals surface area contributed by atoms with Crippen molar-refractivity contribution in [3.05, 3.63) is 70.8 Å². The summed E-state index contributed by atoms with van der Waals surface area (Å²) in [5.41, 5.74) is 2.95. The van der Waals surface area contributed by atoms with Crippen LogP contribution in [-0.4, -0.2) is 50.2 Å². The molecule has 1 aliphatic heterocycles. The Hall–Kier alpha value is -2.30. The van der Waals surface area contributed by atoms with Crippen molar-refractivity contribution in [2.75, 3.05) is 44.2 Å². The number of piperazine rings is 1. The number of unbranched alkanes of at least 4 members (excludes halogenated alkanes) is 1. The number of esters is 1. The van der Waals surface area contributed by atoms with Crippen molar-refractivity contribution in [1.29, 1.82) is 0 Å². The van der Waals surface area contributed by atoms with Crippen LogP contribution in [-0.2, 0) is 4.74 Å². The molecule has 0 spiro atoms. The van der Waals surface area contributed by atoms with E-state index < -0.39 is 0 Å². The molecule has 5 heteroatoms. The zero-order chi connectivity index (χ0) is 20.5. The fourth-order valence-electron chi connectivity index (χ4n) is 3.30. The molecule has 0 saturated carbocycles. The summed E-state index contributed by atoms with van der Waals surface area (Å²) in [7, 11) is 0. The maximum Gasteiger partial charge on any atom is 0.338 e. The third-order valence-corrected chi connectivity index (χ3v) is 5.37. The molecule has 0 aromatic heterocycles.